The minimum absolute atomic E-state index is 0.0933. The van der Waals surface area contributed by atoms with E-state index in [1.54, 1.807) is 23.5 Å². The summed E-state index contributed by atoms with van der Waals surface area (Å²) in [6, 6.07) is 3.92. The number of hydrogen-bond donors (Lipinski definition) is 1. The van der Waals surface area contributed by atoms with Gasteiger partial charge in [-0.25, -0.2) is 4.98 Å². The van der Waals surface area contributed by atoms with Gasteiger partial charge in [0, 0.05) is 63.2 Å². The van der Waals surface area contributed by atoms with Crippen molar-refractivity contribution >= 4 is 5.91 Å². The first-order valence-corrected chi connectivity index (χ1v) is 8.52. The standard InChI is InChI=1S/C18H24N4O2/c1-2-17-20-8-10-21(17)9-5-18(24)22-12-15(16(23)13-22)11-14-3-6-19-7-4-14/h3-4,6-8,10,15-16,23H,2,5,9,11-13H2,1H3/t15-,16+/m1/s1. The van der Waals surface area contributed by atoms with Crippen molar-refractivity contribution in [2.75, 3.05) is 13.1 Å². The molecule has 2 atom stereocenters. The predicted molar refractivity (Wildman–Crippen MR) is 90.2 cm³/mol. The maximum absolute atomic E-state index is 12.5. The van der Waals surface area contributed by atoms with Crippen LogP contribution in [0.15, 0.2) is 36.9 Å². The summed E-state index contributed by atoms with van der Waals surface area (Å²) >= 11 is 0. The minimum Gasteiger partial charge on any atom is -0.391 e. The van der Waals surface area contributed by atoms with Crippen LogP contribution in [0, 0.1) is 5.92 Å². The molecule has 0 unspecified atom stereocenters. The summed E-state index contributed by atoms with van der Waals surface area (Å²) in [6.45, 7) is 3.75. The van der Waals surface area contributed by atoms with Crippen LogP contribution < -0.4 is 0 Å². The number of pyridine rings is 1. The summed E-state index contributed by atoms with van der Waals surface area (Å²) in [7, 11) is 0. The van der Waals surface area contributed by atoms with E-state index in [-0.39, 0.29) is 11.8 Å². The first-order chi connectivity index (χ1) is 11.7. The Balaban J connectivity index is 1.53. The molecule has 0 radical (unpaired) electrons. The van der Waals surface area contributed by atoms with E-state index < -0.39 is 6.10 Å². The largest absolute Gasteiger partial charge is 0.391 e. The smallest absolute Gasteiger partial charge is 0.224 e. The number of carbonyl (C=O) groups is 1. The van der Waals surface area contributed by atoms with E-state index in [2.05, 4.69) is 16.9 Å². The van der Waals surface area contributed by atoms with Crippen molar-refractivity contribution in [3.63, 3.8) is 0 Å². The SMILES string of the molecule is CCc1nccn1CCC(=O)N1C[C@@H](Cc2ccncc2)[C@@H](O)C1. The molecule has 1 amide bonds. The predicted octanol–water partition coefficient (Wildman–Crippen LogP) is 1.29. The highest BCUT2D eigenvalue weighted by Gasteiger charge is 2.33. The van der Waals surface area contributed by atoms with E-state index in [4.69, 9.17) is 0 Å². The number of imidazole rings is 1. The molecule has 3 heterocycles. The molecular weight excluding hydrogens is 304 g/mol. The second-order valence-electron chi connectivity index (χ2n) is 6.33. The molecule has 2 aromatic heterocycles. The van der Waals surface area contributed by atoms with E-state index in [0.717, 1.165) is 24.2 Å². The number of aryl methyl sites for hydroxylation is 2. The summed E-state index contributed by atoms with van der Waals surface area (Å²) in [5, 5.41) is 10.3. The normalized spacial score (nSPS) is 20.5. The third-order valence-electron chi connectivity index (χ3n) is 4.69. The number of likely N-dealkylation sites (tertiary alicyclic amines) is 1. The molecule has 128 valence electrons. The first kappa shape index (κ1) is 16.6. The highest BCUT2D eigenvalue weighted by atomic mass is 16.3. The van der Waals surface area contributed by atoms with Gasteiger partial charge in [-0.05, 0) is 24.1 Å². The number of rotatable bonds is 6. The summed E-state index contributed by atoms with van der Waals surface area (Å²) < 4.78 is 2.03. The van der Waals surface area contributed by atoms with Crippen molar-refractivity contribution in [3.05, 3.63) is 48.3 Å². The molecule has 3 rings (SSSR count). The van der Waals surface area contributed by atoms with Crippen molar-refractivity contribution in [2.24, 2.45) is 5.92 Å². The van der Waals surface area contributed by atoms with Gasteiger partial charge >= 0.3 is 0 Å². The maximum atomic E-state index is 12.5. The molecule has 1 N–H and O–H groups in total. The van der Waals surface area contributed by atoms with Crippen LogP contribution in [0.2, 0.25) is 0 Å². The van der Waals surface area contributed by atoms with Gasteiger partial charge in [-0.15, -0.1) is 0 Å². The van der Waals surface area contributed by atoms with Crippen molar-refractivity contribution in [1.29, 1.82) is 0 Å². The number of carbonyl (C=O) groups excluding carboxylic acids is 1. The van der Waals surface area contributed by atoms with Crippen molar-refractivity contribution in [2.45, 2.75) is 38.8 Å². The summed E-state index contributed by atoms with van der Waals surface area (Å²) in [4.78, 5) is 22.5. The van der Waals surface area contributed by atoms with Crippen LogP contribution in [0.25, 0.3) is 0 Å². The molecule has 1 aliphatic heterocycles. The fraction of sp³-hybridized carbons (Fsp3) is 0.500. The van der Waals surface area contributed by atoms with Gasteiger partial charge in [0.15, 0.2) is 0 Å². The molecule has 1 saturated heterocycles. The van der Waals surface area contributed by atoms with Crippen molar-refractivity contribution in [1.82, 2.24) is 19.4 Å². The van der Waals surface area contributed by atoms with Gasteiger partial charge in [-0.2, -0.15) is 0 Å². The van der Waals surface area contributed by atoms with Gasteiger partial charge in [0.1, 0.15) is 5.82 Å². The number of aromatic nitrogens is 3. The maximum Gasteiger partial charge on any atom is 0.224 e. The summed E-state index contributed by atoms with van der Waals surface area (Å²) in [5.74, 6) is 1.19. The number of amides is 1. The minimum atomic E-state index is -0.457. The number of β-amino-alcohol motifs (C(OH)–C–C–N with tert-alkyl or cyclic N) is 1. The van der Waals surface area contributed by atoms with E-state index in [0.29, 0.717) is 26.1 Å². The van der Waals surface area contributed by atoms with Crippen LogP contribution in [-0.4, -0.2) is 49.6 Å². The average molecular weight is 328 g/mol. The van der Waals surface area contributed by atoms with E-state index >= 15 is 0 Å². The summed E-state index contributed by atoms with van der Waals surface area (Å²) in [6.07, 6.45) is 8.82. The first-order valence-electron chi connectivity index (χ1n) is 8.52. The fourth-order valence-corrected chi connectivity index (χ4v) is 3.31. The molecule has 1 aliphatic rings. The molecule has 0 aromatic carbocycles. The topological polar surface area (TPSA) is 71.2 Å². The second-order valence-corrected chi connectivity index (χ2v) is 6.33. The monoisotopic (exact) mass is 328 g/mol. The van der Waals surface area contributed by atoms with Gasteiger partial charge in [-0.1, -0.05) is 6.92 Å². The lowest BCUT2D eigenvalue weighted by molar-refractivity contribution is -0.130. The third-order valence-corrected chi connectivity index (χ3v) is 4.69. The quantitative estimate of drug-likeness (QED) is 0.867. The lowest BCUT2D eigenvalue weighted by Crippen LogP contribution is -2.30. The Morgan fingerprint density at radius 1 is 1.29 bits per heavy atom. The molecule has 1 fully saturated rings. The number of aliphatic hydroxyl groups excluding tert-OH is 1. The van der Waals surface area contributed by atoms with E-state index in [1.165, 1.54) is 0 Å². The molecule has 0 bridgehead atoms. The highest BCUT2D eigenvalue weighted by Crippen LogP contribution is 2.22. The van der Waals surface area contributed by atoms with Gasteiger partial charge in [0.05, 0.1) is 6.10 Å². The summed E-state index contributed by atoms with van der Waals surface area (Å²) in [5.41, 5.74) is 1.15. The number of nitrogens with zero attached hydrogens (tertiary/aromatic N) is 4. The molecule has 2 aromatic rings. The van der Waals surface area contributed by atoms with E-state index in [1.807, 2.05) is 22.9 Å². The molecule has 0 saturated carbocycles. The molecular formula is C18H24N4O2. The van der Waals surface area contributed by atoms with Crippen LogP contribution in [0.3, 0.4) is 0 Å². The van der Waals surface area contributed by atoms with Gasteiger partial charge < -0.3 is 14.6 Å². The number of aliphatic hydroxyl groups is 1. The van der Waals surface area contributed by atoms with Crippen LogP contribution in [0.4, 0.5) is 0 Å². The van der Waals surface area contributed by atoms with Gasteiger partial charge in [0.25, 0.3) is 0 Å². The van der Waals surface area contributed by atoms with Crippen molar-refractivity contribution in [3.8, 4) is 0 Å². The Morgan fingerprint density at radius 3 is 2.83 bits per heavy atom. The van der Waals surface area contributed by atoms with Crippen LogP contribution in [0.1, 0.15) is 24.7 Å². The highest BCUT2D eigenvalue weighted by molar-refractivity contribution is 5.76. The average Bonchev–Trinajstić information content (AvgIpc) is 3.20. The zero-order valence-corrected chi connectivity index (χ0v) is 14.0. The van der Waals surface area contributed by atoms with Crippen LogP contribution in [0.5, 0.6) is 0 Å². The molecule has 0 spiro atoms. The third kappa shape index (κ3) is 3.82. The Labute approximate surface area is 142 Å². The second kappa shape index (κ2) is 7.57. The number of hydrogen-bond acceptors (Lipinski definition) is 4. The fourth-order valence-electron chi connectivity index (χ4n) is 3.31. The van der Waals surface area contributed by atoms with E-state index in [9.17, 15) is 9.90 Å². The molecule has 6 heteroatoms. The Kier molecular flexibility index (Phi) is 5.25. The van der Waals surface area contributed by atoms with Gasteiger partial charge in [0.2, 0.25) is 5.91 Å². The Morgan fingerprint density at radius 2 is 2.08 bits per heavy atom. The van der Waals surface area contributed by atoms with Crippen molar-refractivity contribution < 1.29 is 9.90 Å². The lowest BCUT2D eigenvalue weighted by Gasteiger charge is -2.17. The lowest BCUT2D eigenvalue weighted by atomic mass is 9.97. The zero-order valence-electron chi connectivity index (χ0n) is 14.0. The molecule has 24 heavy (non-hydrogen) atoms. The zero-order chi connectivity index (χ0) is 16.9. The Bertz CT molecular complexity index is 671. The Hall–Kier alpha value is -2.21. The van der Waals surface area contributed by atoms with Gasteiger partial charge in [-0.3, -0.25) is 9.78 Å². The molecule has 6 nitrogen and oxygen atoms in total. The van der Waals surface area contributed by atoms with Crippen LogP contribution >= 0.6 is 0 Å². The van der Waals surface area contributed by atoms with Crippen LogP contribution in [-0.2, 0) is 24.2 Å². The molecule has 0 aliphatic carbocycles.